The topological polar surface area (TPSA) is 107 Å². The summed E-state index contributed by atoms with van der Waals surface area (Å²) < 4.78 is 27.7. The van der Waals surface area contributed by atoms with E-state index in [0.717, 1.165) is 12.5 Å². The van der Waals surface area contributed by atoms with Crippen LogP contribution < -0.4 is 0 Å². The van der Waals surface area contributed by atoms with Crippen LogP contribution in [0.2, 0.25) is 5.02 Å². The number of esters is 1. The number of amides is 1. The Kier molecular flexibility index (Phi) is 5.20. The third kappa shape index (κ3) is 3.97. The van der Waals surface area contributed by atoms with Crippen molar-refractivity contribution in [2.24, 2.45) is 5.92 Å². The van der Waals surface area contributed by atoms with Crippen LogP contribution in [0, 0.1) is 5.92 Å². The van der Waals surface area contributed by atoms with Gasteiger partial charge in [-0.15, -0.1) is 0 Å². The van der Waals surface area contributed by atoms with Crippen molar-refractivity contribution in [3.05, 3.63) is 16.9 Å². The Morgan fingerprint density at radius 2 is 1.96 bits per heavy atom. The Morgan fingerprint density at radius 3 is 2.48 bits per heavy atom. The Hall–Kier alpha value is -1.74. The van der Waals surface area contributed by atoms with Crippen molar-refractivity contribution in [2.45, 2.75) is 18.0 Å². The summed E-state index contributed by atoms with van der Waals surface area (Å²) in [5.41, 5.74) is -0.154. The van der Waals surface area contributed by atoms with E-state index in [2.05, 4.69) is 9.97 Å². The minimum Gasteiger partial charge on any atom is -0.469 e. The number of carbonyl (C=O) groups excluding carboxylic acids is 2. The van der Waals surface area contributed by atoms with Gasteiger partial charge in [0.15, 0.2) is 5.69 Å². The first-order chi connectivity index (χ1) is 10.7. The summed E-state index contributed by atoms with van der Waals surface area (Å²) in [7, 11) is -2.32. The minimum absolute atomic E-state index is 0.0162. The maximum absolute atomic E-state index is 12.5. The van der Waals surface area contributed by atoms with Crippen LogP contribution in [-0.2, 0) is 19.4 Å². The summed E-state index contributed by atoms with van der Waals surface area (Å²) in [5, 5.41) is -0.466. The first-order valence-electron chi connectivity index (χ1n) is 6.83. The van der Waals surface area contributed by atoms with Gasteiger partial charge in [0, 0.05) is 19.3 Å². The Bertz CT molecular complexity index is 729. The monoisotopic (exact) mass is 361 g/mol. The molecule has 0 aromatic carbocycles. The van der Waals surface area contributed by atoms with Gasteiger partial charge in [-0.1, -0.05) is 11.6 Å². The summed E-state index contributed by atoms with van der Waals surface area (Å²) in [5.74, 6) is -1.02. The number of aromatic nitrogens is 2. The highest BCUT2D eigenvalue weighted by atomic mass is 35.5. The Labute approximate surface area is 138 Å². The molecule has 1 aliphatic rings. The van der Waals surface area contributed by atoms with Crippen molar-refractivity contribution in [2.75, 3.05) is 26.5 Å². The average molecular weight is 362 g/mol. The summed E-state index contributed by atoms with van der Waals surface area (Å²) in [6.45, 7) is 0.681. The van der Waals surface area contributed by atoms with Crippen LogP contribution in [0.25, 0.3) is 0 Å². The van der Waals surface area contributed by atoms with Crippen LogP contribution in [0.1, 0.15) is 23.3 Å². The molecule has 0 saturated carbocycles. The van der Waals surface area contributed by atoms with Crippen molar-refractivity contribution < 1.29 is 22.7 Å². The summed E-state index contributed by atoms with van der Waals surface area (Å²) in [6, 6.07) is 0. The molecule has 0 radical (unpaired) electrons. The normalized spacial score (nSPS) is 16.2. The zero-order chi connectivity index (χ0) is 17.2. The van der Waals surface area contributed by atoms with E-state index in [9.17, 15) is 18.0 Å². The van der Waals surface area contributed by atoms with Crippen molar-refractivity contribution in [3.8, 4) is 0 Å². The molecule has 2 rings (SSSR count). The number of methoxy groups -OCH3 is 1. The lowest BCUT2D eigenvalue weighted by molar-refractivity contribution is -0.146. The minimum atomic E-state index is -3.64. The molecule has 23 heavy (non-hydrogen) atoms. The standard InChI is InChI=1S/C13H16ClN3O5S/c1-22-12(19)8-3-5-17(6-4-8)11(18)10-9(14)7-15-13(16-10)23(2,20)21/h7-8H,3-6H2,1-2H3. The van der Waals surface area contributed by atoms with Gasteiger partial charge in [0.1, 0.15) is 0 Å². The fourth-order valence-corrected chi connectivity index (χ4v) is 2.99. The quantitative estimate of drug-likeness (QED) is 0.571. The zero-order valence-electron chi connectivity index (χ0n) is 12.7. The molecule has 10 heteroatoms. The van der Waals surface area contributed by atoms with Gasteiger partial charge in [0.05, 0.1) is 24.2 Å². The van der Waals surface area contributed by atoms with Crippen LogP contribution in [0.4, 0.5) is 0 Å². The van der Waals surface area contributed by atoms with Gasteiger partial charge in [0.2, 0.25) is 15.0 Å². The van der Waals surface area contributed by atoms with E-state index >= 15 is 0 Å². The van der Waals surface area contributed by atoms with Crippen LogP contribution in [-0.4, -0.2) is 61.6 Å². The highest BCUT2D eigenvalue weighted by Crippen LogP contribution is 2.22. The molecule has 1 aromatic rings. The smallest absolute Gasteiger partial charge is 0.308 e. The number of piperidine rings is 1. The van der Waals surface area contributed by atoms with Gasteiger partial charge in [-0.3, -0.25) is 9.59 Å². The fourth-order valence-electron chi connectivity index (χ4n) is 2.31. The lowest BCUT2D eigenvalue weighted by Gasteiger charge is -2.30. The van der Waals surface area contributed by atoms with Crippen LogP contribution in [0.15, 0.2) is 11.4 Å². The molecule has 0 unspecified atom stereocenters. The second-order valence-electron chi connectivity index (χ2n) is 5.21. The maximum Gasteiger partial charge on any atom is 0.308 e. The van der Waals surface area contributed by atoms with Crippen molar-refractivity contribution >= 4 is 33.3 Å². The number of rotatable bonds is 3. The summed E-state index contributed by atoms with van der Waals surface area (Å²) >= 11 is 5.92. The maximum atomic E-state index is 12.5. The summed E-state index contributed by atoms with van der Waals surface area (Å²) in [6.07, 6.45) is 2.99. The van der Waals surface area contributed by atoms with Gasteiger partial charge in [-0.2, -0.15) is 0 Å². The molecule has 0 atom stereocenters. The molecule has 8 nitrogen and oxygen atoms in total. The van der Waals surface area contributed by atoms with Gasteiger partial charge in [0.25, 0.3) is 5.91 Å². The van der Waals surface area contributed by atoms with E-state index in [4.69, 9.17) is 16.3 Å². The Morgan fingerprint density at radius 1 is 1.35 bits per heavy atom. The molecule has 1 saturated heterocycles. The molecule has 126 valence electrons. The van der Waals surface area contributed by atoms with E-state index in [1.165, 1.54) is 12.0 Å². The van der Waals surface area contributed by atoms with Crippen molar-refractivity contribution in [1.29, 1.82) is 0 Å². The number of likely N-dealkylation sites (tertiary alicyclic amines) is 1. The molecule has 1 amide bonds. The third-order valence-electron chi connectivity index (χ3n) is 3.57. The average Bonchev–Trinajstić information content (AvgIpc) is 2.53. The predicted molar refractivity (Wildman–Crippen MR) is 80.8 cm³/mol. The number of carbonyl (C=O) groups is 2. The molecule has 1 aromatic heterocycles. The number of sulfone groups is 1. The third-order valence-corrected chi connectivity index (χ3v) is 4.71. The zero-order valence-corrected chi connectivity index (χ0v) is 14.2. The SMILES string of the molecule is COC(=O)C1CCN(C(=O)c2nc(S(C)(=O)=O)ncc2Cl)CC1. The second kappa shape index (κ2) is 6.79. The molecule has 0 aliphatic carbocycles. The van der Waals surface area contributed by atoms with Gasteiger partial charge in [-0.05, 0) is 12.8 Å². The number of nitrogens with zero attached hydrogens (tertiary/aromatic N) is 3. The van der Waals surface area contributed by atoms with Crippen molar-refractivity contribution in [1.82, 2.24) is 14.9 Å². The molecule has 1 fully saturated rings. The lowest BCUT2D eigenvalue weighted by Crippen LogP contribution is -2.41. The van der Waals surface area contributed by atoms with Crippen molar-refractivity contribution in [3.63, 3.8) is 0 Å². The predicted octanol–water partition coefficient (Wildman–Crippen LogP) is 0.559. The molecule has 0 spiro atoms. The molecule has 0 N–H and O–H groups in total. The van der Waals surface area contributed by atoms with Crippen LogP contribution in [0.3, 0.4) is 0 Å². The molecular weight excluding hydrogens is 346 g/mol. The number of hydrogen-bond donors (Lipinski definition) is 0. The fraction of sp³-hybridized carbons (Fsp3) is 0.538. The first-order valence-corrected chi connectivity index (χ1v) is 9.10. The lowest BCUT2D eigenvalue weighted by atomic mass is 9.97. The second-order valence-corrected chi connectivity index (χ2v) is 7.53. The van der Waals surface area contributed by atoms with E-state index in [0.29, 0.717) is 25.9 Å². The number of ether oxygens (including phenoxy) is 1. The highest BCUT2D eigenvalue weighted by molar-refractivity contribution is 7.90. The van der Waals surface area contributed by atoms with Crippen LogP contribution in [0.5, 0.6) is 0 Å². The van der Waals surface area contributed by atoms with E-state index in [1.54, 1.807) is 0 Å². The van der Waals surface area contributed by atoms with E-state index in [1.807, 2.05) is 0 Å². The number of halogens is 1. The van der Waals surface area contributed by atoms with E-state index < -0.39 is 20.9 Å². The molecular formula is C13H16ClN3O5S. The van der Waals surface area contributed by atoms with Gasteiger partial charge >= 0.3 is 5.97 Å². The molecule has 0 bridgehead atoms. The van der Waals surface area contributed by atoms with Gasteiger partial charge < -0.3 is 9.64 Å². The largest absolute Gasteiger partial charge is 0.469 e. The molecule has 2 heterocycles. The van der Waals surface area contributed by atoms with Gasteiger partial charge in [-0.25, -0.2) is 18.4 Å². The highest BCUT2D eigenvalue weighted by Gasteiger charge is 2.30. The number of hydrogen-bond acceptors (Lipinski definition) is 7. The summed E-state index contributed by atoms with van der Waals surface area (Å²) in [4.78, 5) is 32.9. The Balaban J connectivity index is 2.17. The molecule has 1 aliphatic heterocycles. The van der Waals surface area contributed by atoms with E-state index in [-0.39, 0.29) is 22.6 Å². The van der Waals surface area contributed by atoms with Crippen LogP contribution >= 0.6 is 11.6 Å². The first kappa shape index (κ1) is 17.6.